The van der Waals surface area contributed by atoms with Crippen molar-refractivity contribution in [3.63, 3.8) is 0 Å². The summed E-state index contributed by atoms with van der Waals surface area (Å²) in [6.45, 7) is 10.8. The molecule has 1 atom stereocenters. The summed E-state index contributed by atoms with van der Waals surface area (Å²) >= 11 is 0. The first-order valence-electron chi connectivity index (χ1n) is 11.5. The van der Waals surface area contributed by atoms with Crippen LogP contribution in [0.3, 0.4) is 0 Å². The number of aliphatic hydroxyl groups is 1. The fourth-order valence-corrected chi connectivity index (χ4v) is 4.46. The number of ketones is 1. The van der Waals surface area contributed by atoms with E-state index in [1.165, 1.54) is 6.26 Å². The van der Waals surface area contributed by atoms with Gasteiger partial charge in [0.15, 0.2) is 11.5 Å². The monoisotopic (exact) mass is 452 g/mol. The van der Waals surface area contributed by atoms with E-state index in [2.05, 4.69) is 25.7 Å². The predicted octanol–water partition coefficient (Wildman–Crippen LogP) is 3.88. The van der Waals surface area contributed by atoms with E-state index in [4.69, 9.17) is 9.15 Å². The van der Waals surface area contributed by atoms with Crippen molar-refractivity contribution in [3.05, 3.63) is 70.9 Å². The molecule has 0 aliphatic carbocycles. The highest BCUT2D eigenvalue weighted by atomic mass is 16.5. The topological polar surface area (TPSA) is 83.2 Å². The van der Waals surface area contributed by atoms with E-state index < -0.39 is 23.5 Å². The molecule has 3 heterocycles. The van der Waals surface area contributed by atoms with Gasteiger partial charge in [-0.1, -0.05) is 45.0 Å². The lowest BCUT2D eigenvalue weighted by molar-refractivity contribution is -0.129. The van der Waals surface area contributed by atoms with E-state index in [1.54, 1.807) is 17.0 Å². The molecule has 1 fully saturated rings. The van der Waals surface area contributed by atoms with Gasteiger partial charge in [0.1, 0.15) is 0 Å². The van der Waals surface area contributed by atoms with Crippen LogP contribution < -0.4 is 0 Å². The number of amides is 1. The highest BCUT2D eigenvalue weighted by Crippen LogP contribution is 2.39. The van der Waals surface area contributed by atoms with Crippen LogP contribution in [0.1, 0.15) is 54.9 Å². The van der Waals surface area contributed by atoms with E-state index in [9.17, 15) is 14.7 Å². The third kappa shape index (κ3) is 4.89. The van der Waals surface area contributed by atoms with Gasteiger partial charge in [0.25, 0.3) is 5.91 Å². The summed E-state index contributed by atoms with van der Waals surface area (Å²) in [5.74, 6) is -1.37. The molecule has 2 aliphatic rings. The summed E-state index contributed by atoms with van der Waals surface area (Å²) < 4.78 is 10.7. The normalized spacial score (nSPS) is 20.0. The van der Waals surface area contributed by atoms with Gasteiger partial charge < -0.3 is 19.2 Å². The number of hydrogen-bond acceptors (Lipinski definition) is 6. The summed E-state index contributed by atoms with van der Waals surface area (Å²) in [7, 11) is 0. The Kier molecular flexibility index (Phi) is 6.72. The SMILES string of the molecule is CC(C)(C)c1ccc([C@H]2C(C(=O)c3ccco3)=C(O)C(=O)N2CCCN2CCOCC2)cc1. The smallest absolute Gasteiger partial charge is 0.290 e. The number of carbonyl (C=O) groups excluding carboxylic acids is 2. The van der Waals surface area contributed by atoms with Crippen molar-refractivity contribution in [1.29, 1.82) is 0 Å². The fraction of sp³-hybridized carbons (Fsp3) is 0.462. The Hall–Kier alpha value is -2.90. The lowest BCUT2D eigenvalue weighted by atomic mass is 9.85. The second-order valence-corrected chi connectivity index (χ2v) is 9.65. The minimum absolute atomic E-state index is 0.0212. The molecule has 0 bridgehead atoms. The molecule has 176 valence electrons. The number of Topliss-reactive ketones (excluding diaryl/α,β-unsaturated/α-hetero) is 1. The Labute approximate surface area is 194 Å². The average Bonchev–Trinajstić information content (AvgIpc) is 3.42. The second kappa shape index (κ2) is 9.53. The maximum Gasteiger partial charge on any atom is 0.290 e. The summed E-state index contributed by atoms with van der Waals surface area (Å²) in [5, 5.41) is 10.8. The van der Waals surface area contributed by atoms with Crippen LogP contribution in [0.5, 0.6) is 0 Å². The molecule has 33 heavy (non-hydrogen) atoms. The first kappa shape index (κ1) is 23.3. The molecule has 7 heteroatoms. The molecule has 2 aromatic rings. The van der Waals surface area contributed by atoms with Gasteiger partial charge in [-0.2, -0.15) is 0 Å². The summed E-state index contributed by atoms with van der Waals surface area (Å²) in [6, 6.07) is 10.5. The van der Waals surface area contributed by atoms with Crippen molar-refractivity contribution in [2.24, 2.45) is 0 Å². The van der Waals surface area contributed by atoms with Gasteiger partial charge in [0.05, 0.1) is 31.1 Å². The number of hydrogen-bond donors (Lipinski definition) is 1. The van der Waals surface area contributed by atoms with Gasteiger partial charge in [0.2, 0.25) is 5.78 Å². The van der Waals surface area contributed by atoms with Crippen LogP contribution in [0, 0.1) is 0 Å². The van der Waals surface area contributed by atoms with Gasteiger partial charge in [-0.3, -0.25) is 14.5 Å². The summed E-state index contributed by atoms with van der Waals surface area (Å²) in [5.41, 5.74) is 2.00. The molecular formula is C26H32N2O5. The van der Waals surface area contributed by atoms with Crippen molar-refractivity contribution in [2.45, 2.75) is 38.6 Å². The molecule has 0 spiro atoms. The lowest BCUT2D eigenvalue weighted by Crippen LogP contribution is -2.39. The van der Waals surface area contributed by atoms with Gasteiger partial charge in [-0.05, 0) is 35.1 Å². The molecule has 1 N–H and O–H groups in total. The number of furan rings is 1. The van der Waals surface area contributed by atoms with Crippen LogP contribution in [0.25, 0.3) is 0 Å². The molecule has 1 aromatic heterocycles. The van der Waals surface area contributed by atoms with E-state index >= 15 is 0 Å². The minimum Gasteiger partial charge on any atom is -0.503 e. The van der Waals surface area contributed by atoms with Crippen LogP contribution in [0.15, 0.2) is 58.4 Å². The molecule has 1 amide bonds. The first-order chi connectivity index (χ1) is 15.8. The Balaban J connectivity index is 1.62. The third-order valence-corrected chi connectivity index (χ3v) is 6.36. The Morgan fingerprint density at radius 3 is 2.39 bits per heavy atom. The van der Waals surface area contributed by atoms with Gasteiger partial charge in [-0.15, -0.1) is 0 Å². The third-order valence-electron chi connectivity index (χ3n) is 6.36. The Morgan fingerprint density at radius 2 is 1.79 bits per heavy atom. The second-order valence-electron chi connectivity index (χ2n) is 9.65. The van der Waals surface area contributed by atoms with E-state index in [0.717, 1.165) is 50.4 Å². The van der Waals surface area contributed by atoms with Crippen molar-refractivity contribution in [2.75, 3.05) is 39.4 Å². The zero-order valence-corrected chi connectivity index (χ0v) is 19.5. The van der Waals surface area contributed by atoms with Gasteiger partial charge in [0, 0.05) is 26.2 Å². The molecule has 4 rings (SSSR count). The first-order valence-corrected chi connectivity index (χ1v) is 11.5. The number of aliphatic hydroxyl groups excluding tert-OH is 1. The van der Waals surface area contributed by atoms with Crippen LogP contribution in [-0.2, 0) is 14.9 Å². The molecule has 7 nitrogen and oxygen atoms in total. The molecule has 2 aliphatic heterocycles. The Bertz CT molecular complexity index is 1010. The van der Waals surface area contributed by atoms with E-state index in [-0.39, 0.29) is 16.7 Å². The molecular weight excluding hydrogens is 420 g/mol. The average molecular weight is 453 g/mol. The molecule has 0 unspecified atom stereocenters. The molecule has 0 radical (unpaired) electrons. The lowest BCUT2D eigenvalue weighted by Gasteiger charge is -2.30. The van der Waals surface area contributed by atoms with Crippen molar-refractivity contribution < 1.29 is 23.8 Å². The number of rotatable bonds is 7. The fourth-order valence-electron chi connectivity index (χ4n) is 4.46. The number of carbonyl (C=O) groups is 2. The van der Waals surface area contributed by atoms with Crippen LogP contribution >= 0.6 is 0 Å². The number of ether oxygens (including phenoxy) is 1. The number of benzene rings is 1. The molecule has 1 aromatic carbocycles. The van der Waals surface area contributed by atoms with Crippen LogP contribution in [0.2, 0.25) is 0 Å². The summed E-state index contributed by atoms with van der Waals surface area (Å²) in [4.78, 5) is 30.2. The van der Waals surface area contributed by atoms with E-state index in [0.29, 0.717) is 6.54 Å². The standard InChI is InChI=1S/C26H32N2O5/c1-26(2,3)19-9-7-18(8-10-19)22-21(23(29)20-6-4-15-33-20)24(30)25(31)28(22)12-5-11-27-13-16-32-17-14-27/h4,6-10,15,22,30H,5,11-14,16-17H2,1-3H3/t22-/m0/s1. The predicted molar refractivity (Wildman–Crippen MR) is 124 cm³/mol. The van der Waals surface area contributed by atoms with Crippen molar-refractivity contribution in [1.82, 2.24) is 9.80 Å². The highest BCUT2D eigenvalue weighted by molar-refractivity contribution is 6.15. The largest absolute Gasteiger partial charge is 0.503 e. The van der Waals surface area contributed by atoms with Gasteiger partial charge >= 0.3 is 0 Å². The van der Waals surface area contributed by atoms with Crippen molar-refractivity contribution >= 4 is 11.7 Å². The number of nitrogens with zero attached hydrogens (tertiary/aromatic N) is 2. The van der Waals surface area contributed by atoms with Crippen molar-refractivity contribution in [3.8, 4) is 0 Å². The summed E-state index contributed by atoms with van der Waals surface area (Å²) in [6.07, 6.45) is 2.15. The zero-order chi connectivity index (χ0) is 23.6. The van der Waals surface area contributed by atoms with Gasteiger partial charge in [-0.25, -0.2) is 0 Å². The Morgan fingerprint density at radius 1 is 1.09 bits per heavy atom. The van der Waals surface area contributed by atoms with Crippen LogP contribution in [-0.4, -0.2) is 66.0 Å². The molecule has 1 saturated heterocycles. The van der Waals surface area contributed by atoms with Crippen LogP contribution in [0.4, 0.5) is 0 Å². The maximum absolute atomic E-state index is 13.2. The molecule has 0 saturated carbocycles. The number of morpholine rings is 1. The van der Waals surface area contributed by atoms with E-state index in [1.807, 2.05) is 24.3 Å². The quantitative estimate of drug-likeness (QED) is 0.642. The maximum atomic E-state index is 13.2. The highest BCUT2D eigenvalue weighted by Gasteiger charge is 2.44. The minimum atomic E-state index is -0.659. The zero-order valence-electron chi connectivity index (χ0n) is 19.5.